The van der Waals surface area contributed by atoms with Crippen molar-refractivity contribution in [3.05, 3.63) is 25.3 Å². The highest BCUT2D eigenvalue weighted by molar-refractivity contribution is 8.01. The van der Waals surface area contributed by atoms with Crippen LogP contribution in [0.1, 0.15) is 26.7 Å². The highest BCUT2D eigenvalue weighted by atomic mass is 32.2. The summed E-state index contributed by atoms with van der Waals surface area (Å²) in [6.07, 6.45) is 5.22. The van der Waals surface area contributed by atoms with Crippen LogP contribution in [0.2, 0.25) is 0 Å². The number of hydrogen-bond donors (Lipinski definition) is 1. The minimum Gasteiger partial charge on any atom is -0.351 e. The van der Waals surface area contributed by atoms with Gasteiger partial charge in [-0.1, -0.05) is 26.0 Å². The maximum absolute atomic E-state index is 12.0. The lowest BCUT2D eigenvalue weighted by atomic mass is 10.0. The molecular weight excluding hydrogens is 206 g/mol. The van der Waals surface area contributed by atoms with Gasteiger partial charge >= 0.3 is 0 Å². The van der Waals surface area contributed by atoms with Crippen molar-refractivity contribution in [3.63, 3.8) is 0 Å². The second kappa shape index (κ2) is 7.57. The van der Waals surface area contributed by atoms with E-state index in [0.717, 1.165) is 18.6 Å². The van der Waals surface area contributed by atoms with Crippen molar-refractivity contribution in [2.24, 2.45) is 0 Å². The first-order chi connectivity index (χ1) is 7.16. The zero-order chi connectivity index (χ0) is 11.7. The first-order valence-corrected chi connectivity index (χ1v) is 6.29. The third-order valence-corrected chi connectivity index (χ3v) is 4.16. The molecule has 3 heteroatoms. The Kier molecular flexibility index (Phi) is 7.22. The van der Waals surface area contributed by atoms with Crippen LogP contribution in [-0.4, -0.2) is 23.0 Å². The molecule has 0 aliphatic carbocycles. The Morgan fingerprint density at radius 2 is 1.93 bits per heavy atom. The van der Waals surface area contributed by atoms with Gasteiger partial charge in [-0.15, -0.1) is 24.9 Å². The molecule has 0 aromatic carbocycles. The normalized spacial score (nSPS) is 10.8. The van der Waals surface area contributed by atoms with Crippen LogP contribution in [0, 0.1) is 0 Å². The van der Waals surface area contributed by atoms with Crippen LogP contribution < -0.4 is 5.32 Å². The van der Waals surface area contributed by atoms with E-state index in [9.17, 15) is 4.79 Å². The lowest BCUT2D eigenvalue weighted by Gasteiger charge is -2.29. The fourth-order valence-electron chi connectivity index (χ4n) is 1.39. The van der Waals surface area contributed by atoms with Crippen molar-refractivity contribution in [3.8, 4) is 0 Å². The minimum atomic E-state index is -0.308. The van der Waals surface area contributed by atoms with E-state index in [4.69, 9.17) is 0 Å². The number of amides is 1. The summed E-state index contributed by atoms with van der Waals surface area (Å²) in [5.41, 5.74) is 0. The highest BCUT2D eigenvalue weighted by Crippen LogP contribution is 2.32. The van der Waals surface area contributed by atoms with Crippen LogP contribution in [0.15, 0.2) is 25.3 Å². The Balaban J connectivity index is 4.50. The average Bonchev–Trinajstić information content (AvgIpc) is 2.28. The molecule has 0 radical (unpaired) electrons. The minimum absolute atomic E-state index is 0.110. The van der Waals surface area contributed by atoms with Crippen LogP contribution in [0.25, 0.3) is 0 Å². The standard InChI is InChI=1S/C12H21NOS/c1-5-9-13-11(14)12(7-3,8-4)15-10-6-2/h5-6H,1-2,7-10H2,3-4H3,(H,13,14). The van der Waals surface area contributed by atoms with Crippen molar-refractivity contribution in [2.75, 3.05) is 12.3 Å². The Morgan fingerprint density at radius 1 is 1.33 bits per heavy atom. The summed E-state index contributed by atoms with van der Waals surface area (Å²) in [6.45, 7) is 11.9. The van der Waals surface area contributed by atoms with Gasteiger partial charge in [0, 0.05) is 12.3 Å². The molecule has 1 N–H and O–H groups in total. The van der Waals surface area contributed by atoms with Crippen molar-refractivity contribution in [2.45, 2.75) is 31.4 Å². The summed E-state index contributed by atoms with van der Waals surface area (Å²) < 4.78 is -0.308. The molecule has 2 nitrogen and oxygen atoms in total. The van der Waals surface area contributed by atoms with Crippen LogP contribution in [0.4, 0.5) is 0 Å². The van der Waals surface area contributed by atoms with Gasteiger partial charge < -0.3 is 5.32 Å². The molecule has 0 aliphatic heterocycles. The third-order valence-electron chi connectivity index (χ3n) is 2.44. The molecule has 0 unspecified atom stereocenters. The number of thioether (sulfide) groups is 1. The van der Waals surface area contributed by atoms with E-state index < -0.39 is 0 Å². The van der Waals surface area contributed by atoms with E-state index in [-0.39, 0.29) is 10.7 Å². The van der Waals surface area contributed by atoms with Gasteiger partial charge in [0.25, 0.3) is 0 Å². The molecule has 0 bridgehead atoms. The molecule has 0 atom stereocenters. The lowest BCUT2D eigenvalue weighted by molar-refractivity contribution is -0.123. The van der Waals surface area contributed by atoms with Crippen LogP contribution in [0.5, 0.6) is 0 Å². The largest absolute Gasteiger partial charge is 0.351 e. The first-order valence-electron chi connectivity index (χ1n) is 5.30. The molecule has 0 aromatic heterocycles. The molecule has 0 saturated carbocycles. The van der Waals surface area contributed by atoms with E-state index in [1.54, 1.807) is 17.8 Å². The Bertz CT molecular complexity index is 222. The topological polar surface area (TPSA) is 29.1 Å². The summed E-state index contributed by atoms with van der Waals surface area (Å²) in [7, 11) is 0. The zero-order valence-corrected chi connectivity index (χ0v) is 10.5. The van der Waals surface area contributed by atoms with E-state index in [0.29, 0.717) is 6.54 Å². The van der Waals surface area contributed by atoms with Gasteiger partial charge in [0.2, 0.25) is 5.91 Å². The summed E-state index contributed by atoms with van der Waals surface area (Å²) in [5, 5.41) is 2.87. The lowest BCUT2D eigenvalue weighted by Crippen LogP contribution is -2.43. The number of carbonyl (C=O) groups is 1. The molecular formula is C12H21NOS. The van der Waals surface area contributed by atoms with Crippen molar-refractivity contribution in [1.29, 1.82) is 0 Å². The predicted octanol–water partition coefficient (Wildman–Crippen LogP) is 2.77. The number of nitrogens with one attached hydrogen (secondary N) is 1. The SMILES string of the molecule is C=CCNC(=O)C(CC)(CC)SCC=C. The average molecular weight is 227 g/mol. The van der Waals surface area contributed by atoms with Gasteiger partial charge in [-0.05, 0) is 12.8 Å². The van der Waals surface area contributed by atoms with Crippen LogP contribution >= 0.6 is 11.8 Å². The maximum atomic E-state index is 12.0. The molecule has 0 rings (SSSR count). The quantitative estimate of drug-likeness (QED) is 0.646. The summed E-state index contributed by atoms with van der Waals surface area (Å²) in [5.74, 6) is 0.919. The van der Waals surface area contributed by atoms with Gasteiger partial charge in [0.05, 0.1) is 4.75 Å². The second-order valence-electron chi connectivity index (χ2n) is 3.30. The van der Waals surface area contributed by atoms with Gasteiger partial charge in [-0.2, -0.15) is 0 Å². The molecule has 0 spiro atoms. The molecule has 1 amide bonds. The second-order valence-corrected chi connectivity index (χ2v) is 4.70. The van der Waals surface area contributed by atoms with Crippen LogP contribution in [0.3, 0.4) is 0 Å². The predicted molar refractivity (Wildman–Crippen MR) is 69.2 cm³/mol. The third kappa shape index (κ3) is 4.12. The van der Waals surface area contributed by atoms with Crippen LogP contribution in [-0.2, 0) is 4.79 Å². The molecule has 0 saturated heterocycles. The molecule has 0 heterocycles. The van der Waals surface area contributed by atoms with E-state index in [1.807, 2.05) is 19.9 Å². The zero-order valence-electron chi connectivity index (χ0n) is 9.71. The number of rotatable bonds is 8. The van der Waals surface area contributed by atoms with Gasteiger partial charge in [0.15, 0.2) is 0 Å². The number of hydrogen-bond acceptors (Lipinski definition) is 2. The smallest absolute Gasteiger partial charge is 0.236 e. The summed E-state index contributed by atoms with van der Waals surface area (Å²) in [6, 6.07) is 0. The molecule has 0 aromatic rings. The fourth-order valence-corrected chi connectivity index (χ4v) is 2.43. The first kappa shape index (κ1) is 14.3. The summed E-state index contributed by atoms with van der Waals surface area (Å²) >= 11 is 1.66. The van der Waals surface area contributed by atoms with Gasteiger partial charge in [0.1, 0.15) is 0 Å². The Morgan fingerprint density at radius 3 is 2.33 bits per heavy atom. The van der Waals surface area contributed by atoms with Crippen molar-refractivity contribution >= 4 is 17.7 Å². The molecule has 0 aliphatic rings. The van der Waals surface area contributed by atoms with E-state index in [1.165, 1.54) is 0 Å². The van der Waals surface area contributed by atoms with Gasteiger partial charge in [-0.3, -0.25) is 4.79 Å². The Hall–Kier alpha value is -0.700. The monoisotopic (exact) mass is 227 g/mol. The van der Waals surface area contributed by atoms with E-state index >= 15 is 0 Å². The molecule has 15 heavy (non-hydrogen) atoms. The van der Waals surface area contributed by atoms with Gasteiger partial charge in [-0.25, -0.2) is 0 Å². The molecule has 86 valence electrons. The van der Waals surface area contributed by atoms with E-state index in [2.05, 4.69) is 18.5 Å². The maximum Gasteiger partial charge on any atom is 0.236 e. The summed E-state index contributed by atoms with van der Waals surface area (Å²) in [4.78, 5) is 12.0. The fraction of sp³-hybridized carbons (Fsp3) is 0.583. The van der Waals surface area contributed by atoms with Crippen molar-refractivity contribution < 1.29 is 4.79 Å². The molecule has 0 fully saturated rings. The number of carbonyl (C=O) groups excluding carboxylic acids is 1. The Labute approximate surface area is 97.2 Å². The van der Waals surface area contributed by atoms with Crippen molar-refractivity contribution in [1.82, 2.24) is 5.32 Å². The highest BCUT2D eigenvalue weighted by Gasteiger charge is 2.34.